The molecule has 3 nitrogen and oxygen atoms in total. The summed E-state index contributed by atoms with van der Waals surface area (Å²) in [6, 6.07) is 4.94. The van der Waals surface area contributed by atoms with E-state index in [9.17, 15) is 9.59 Å². The predicted octanol–water partition coefficient (Wildman–Crippen LogP) is 2.61. The van der Waals surface area contributed by atoms with Crippen LogP contribution >= 0.6 is 11.6 Å². The monoisotopic (exact) mass is 226 g/mol. The summed E-state index contributed by atoms with van der Waals surface area (Å²) in [4.78, 5) is 22.1. The molecule has 0 bridgehead atoms. The Labute approximate surface area is 93.0 Å². The maximum atomic E-state index is 11.5. The second-order valence-corrected chi connectivity index (χ2v) is 3.41. The minimum absolute atomic E-state index is 0.347. The molecule has 80 valence electrons. The first-order chi connectivity index (χ1) is 7.06. The third-order valence-electron chi connectivity index (χ3n) is 1.93. The van der Waals surface area contributed by atoms with Gasteiger partial charge < -0.3 is 4.74 Å². The van der Waals surface area contributed by atoms with Gasteiger partial charge in [0.1, 0.15) is 0 Å². The summed E-state index contributed by atoms with van der Waals surface area (Å²) in [5.41, 5.74) is 1.05. The molecule has 0 aliphatic heterocycles. The van der Waals surface area contributed by atoms with Crippen molar-refractivity contribution in [2.75, 3.05) is 0 Å². The lowest BCUT2D eigenvalue weighted by Crippen LogP contribution is -2.11. The number of hydrogen-bond donors (Lipinski definition) is 0. The van der Waals surface area contributed by atoms with Crippen LogP contribution in [0.15, 0.2) is 18.2 Å². The molecule has 0 radical (unpaired) electrons. The minimum atomic E-state index is -0.651. The second kappa shape index (κ2) is 4.94. The maximum absolute atomic E-state index is 11.5. The van der Waals surface area contributed by atoms with Crippen molar-refractivity contribution in [3.05, 3.63) is 34.3 Å². The van der Waals surface area contributed by atoms with Crippen LogP contribution in [0.5, 0.6) is 0 Å². The van der Waals surface area contributed by atoms with E-state index in [0.29, 0.717) is 22.6 Å². The lowest BCUT2D eigenvalue weighted by atomic mass is 10.1. The molecule has 1 aromatic rings. The predicted molar refractivity (Wildman–Crippen MR) is 56.9 cm³/mol. The molecule has 15 heavy (non-hydrogen) atoms. The molecule has 0 saturated carbocycles. The summed E-state index contributed by atoms with van der Waals surface area (Å²) in [5.74, 6) is -1.27. The van der Waals surface area contributed by atoms with Gasteiger partial charge in [-0.3, -0.25) is 4.79 Å². The van der Waals surface area contributed by atoms with Crippen molar-refractivity contribution in [2.45, 2.75) is 20.3 Å². The zero-order valence-corrected chi connectivity index (χ0v) is 9.30. The Hall–Kier alpha value is -1.35. The SMILES string of the molecule is CCc1c(Cl)cccc1C(=O)OC(C)=O. The number of esters is 2. The lowest BCUT2D eigenvalue weighted by Gasteiger charge is -2.07. The quantitative estimate of drug-likeness (QED) is 0.575. The molecule has 4 heteroatoms. The first-order valence-corrected chi connectivity index (χ1v) is 4.94. The van der Waals surface area contributed by atoms with Gasteiger partial charge in [0.25, 0.3) is 0 Å². The van der Waals surface area contributed by atoms with Crippen molar-refractivity contribution < 1.29 is 14.3 Å². The molecule has 0 N–H and O–H groups in total. The van der Waals surface area contributed by atoms with Gasteiger partial charge in [-0.25, -0.2) is 4.79 Å². The largest absolute Gasteiger partial charge is 0.390 e. The van der Waals surface area contributed by atoms with Crippen molar-refractivity contribution in [3.8, 4) is 0 Å². The van der Waals surface area contributed by atoms with Crippen LogP contribution in [0.25, 0.3) is 0 Å². The summed E-state index contributed by atoms with van der Waals surface area (Å²) in [6.45, 7) is 3.07. The Kier molecular flexibility index (Phi) is 3.86. The van der Waals surface area contributed by atoms with Crippen LogP contribution in [0.2, 0.25) is 5.02 Å². The molecule has 0 aliphatic carbocycles. The second-order valence-electron chi connectivity index (χ2n) is 3.00. The number of benzene rings is 1. The normalized spacial score (nSPS) is 9.80. The van der Waals surface area contributed by atoms with E-state index >= 15 is 0 Å². The van der Waals surface area contributed by atoms with Gasteiger partial charge in [0.05, 0.1) is 5.56 Å². The molecule has 0 aromatic heterocycles. The van der Waals surface area contributed by atoms with Crippen LogP contribution in [0.1, 0.15) is 29.8 Å². The fourth-order valence-corrected chi connectivity index (χ4v) is 1.60. The van der Waals surface area contributed by atoms with Crippen molar-refractivity contribution in [2.24, 2.45) is 0 Å². The van der Waals surface area contributed by atoms with Gasteiger partial charge in [0.2, 0.25) is 0 Å². The van der Waals surface area contributed by atoms with E-state index in [1.165, 1.54) is 6.92 Å². The number of rotatable bonds is 2. The van der Waals surface area contributed by atoms with Crippen LogP contribution in [-0.4, -0.2) is 11.9 Å². The van der Waals surface area contributed by atoms with Gasteiger partial charge in [0, 0.05) is 11.9 Å². The Morgan fingerprint density at radius 1 is 1.40 bits per heavy atom. The number of halogens is 1. The molecular formula is C11H11ClO3. The summed E-state index contributed by atoms with van der Waals surface area (Å²) in [6.07, 6.45) is 0.613. The third kappa shape index (κ3) is 2.80. The smallest absolute Gasteiger partial charge is 0.346 e. The first kappa shape index (κ1) is 11.7. The van der Waals surface area contributed by atoms with Gasteiger partial charge >= 0.3 is 11.9 Å². The van der Waals surface area contributed by atoms with E-state index in [0.717, 1.165) is 0 Å². The fraction of sp³-hybridized carbons (Fsp3) is 0.273. The Balaban J connectivity index is 3.08. The van der Waals surface area contributed by atoms with Crippen LogP contribution in [0, 0.1) is 0 Å². The molecule has 0 heterocycles. The Bertz CT molecular complexity index is 399. The standard InChI is InChI=1S/C11H11ClO3/c1-3-8-9(5-4-6-10(8)12)11(14)15-7(2)13/h4-6H,3H2,1-2H3. The molecule has 0 aliphatic rings. The Morgan fingerprint density at radius 3 is 2.60 bits per heavy atom. The van der Waals surface area contributed by atoms with Crippen LogP contribution in [0.3, 0.4) is 0 Å². The highest BCUT2D eigenvalue weighted by Crippen LogP contribution is 2.21. The number of ether oxygens (including phenoxy) is 1. The Morgan fingerprint density at radius 2 is 2.07 bits per heavy atom. The third-order valence-corrected chi connectivity index (χ3v) is 2.28. The van der Waals surface area contributed by atoms with Crippen molar-refractivity contribution in [1.29, 1.82) is 0 Å². The van der Waals surface area contributed by atoms with Gasteiger partial charge in [-0.1, -0.05) is 24.6 Å². The molecule has 0 atom stereocenters. The summed E-state index contributed by atoms with van der Waals surface area (Å²) >= 11 is 5.92. The molecule has 0 unspecified atom stereocenters. The summed E-state index contributed by atoms with van der Waals surface area (Å²) in [5, 5.41) is 0.510. The topological polar surface area (TPSA) is 43.4 Å². The maximum Gasteiger partial charge on any atom is 0.346 e. The van der Waals surface area contributed by atoms with Crippen LogP contribution < -0.4 is 0 Å². The molecule has 0 amide bonds. The summed E-state index contributed by atoms with van der Waals surface area (Å²) < 4.78 is 4.50. The van der Waals surface area contributed by atoms with E-state index in [-0.39, 0.29) is 0 Å². The van der Waals surface area contributed by atoms with Gasteiger partial charge in [0.15, 0.2) is 0 Å². The first-order valence-electron chi connectivity index (χ1n) is 4.56. The van der Waals surface area contributed by atoms with Gasteiger partial charge in [-0.2, -0.15) is 0 Å². The van der Waals surface area contributed by atoms with Crippen LogP contribution in [-0.2, 0) is 16.0 Å². The number of hydrogen-bond acceptors (Lipinski definition) is 3. The van der Waals surface area contributed by atoms with Crippen molar-refractivity contribution >= 4 is 23.5 Å². The number of carbonyl (C=O) groups excluding carboxylic acids is 2. The molecular weight excluding hydrogens is 216 g/mol. The van der Waals surface area contributed by atoms with Gasteiger partial charge in [-0.15, -0.1) is 0 Å². The zero-order valence-electron chi connectivity index (χ0n) is 8.54. The van der Waals surface area contributed by atoms with Crippen LogP contribution in [0.4, 0.5) is 0 Å². The average molecular weight is 227 g/mol. The van der Waals surface area contributed by atoms with E-state index in [1.807, 2.05) is 6.92 Å². The molecule has 1 rings (SSSR count). The zero-order chi connectivity index (χ0) is 11.4. The van der Waals surface area contributed by atoms with E-state index in [4.69, 9.17) is 11.6 Å². The van der Waals surface area contributed by atoms with Gasteiger partial charge in [-0.05, 0) is 24.1 Å². The van der Waals surface area contributed by atoms with Crippen molar-refractivity contribution in [1.82, 2.24) is 0 Å². The average Bonchev–Trinajstić information content (AvgIpc) is 2.16. The number of carbonyl (C=O) groups is 2. The molecule has 0 saturated heterocycles. The molecule has 0 fully saturated rings. The van der Waals surface area contributed by atoms with E-state index in [1.54, 1.807) is 18.2 Å². The van der Waals surface area contributed by atoms with Crippen molar-refractivity contribution in [3.63, 3.8) is 0 Å². The van der Waals surface area contributed by atoms with E-state index in [2.05, 4.69) is 4.74 Å². The lowest BCUT2D eigenvalue weighted by molar-refractivity contribution is -0.135. The highest BCUT2D eigenvalue weighted by molar-refractivity contribution is 6.31. The van der Waals surface area contributed by atoms with E-state index < -0.39 is 11.9 Å². The fourth-order valence-electron chi connectivity index (χ4n) is 1.29. The highest BCUT2D eigenvalue weighted by atomic mass is 35.5. The molecule has 0 spiro atoms. The highest BCUT2D eigenvalue weighted by Gasteiger charge is 2.15. The molecule has 1 aromatic carbocycles. The summed E-state index contributed by atoms with van der Waals surface area (Å²) in [7, 11) is 0. The minimum Gasteiger partial charge on any atom is -0.390 e.